The number of aromatic nitrogens is 2. The number of hydrogen-bond acceptors (Lipinski definition) is 5. The van der Waals surface area contributed by atoms with Crippen LogP contribution < -0.4 is 4.90 Å². The van der Waals surface area contributed by atoms with Gasteiger partial charge in [-0.25, -0.2) is 8.78 Å². The fourth-order valence-corrected chi connectivity index (χ4v) is 4.53. The molecule has 1 aromatic carbocycles. The number of halogens is 2. The van der Waals surface area contributed by atoms with Gasteiger partial charge in [0.05, 0.1) is 0 Å². The SMILES string of the molecule is CCN1CC[C@@H]2CCN(c3cc(C(F)F)c(-c4ccc(C)cc4O)nn3)[C@@H]2C1. The highest BCUT2D eigenvalue weighted by Crippen LogP contribution is 2.39. The lowest BCUT2D eigenvalue weighted by molar-refractivity contribution is 0.151. The second-order valence-corrected chi connectivity index (χ2v) is 7.82. The molecule has 1 N–H and O–H groups in total. The Balaban J connectivity index is 1.69. The van der Waals surface area contributed by atoms with E-state index in [-0.39, 0.29) is 22.6 Å². The molecule has 2 atom stereocenters. The van der Waals surface area contributed by atoms with E-state index in [2.05, 4.69) is 26.9 Å². The summed E-state index contributed by atoms with van der Waals surface area (Å²) in [5.41, 5.74) is 1.00. The molecule has 0 bridgehead atoms. The minimum absolute atomic E-state index is 0.0471. The number of aromatic hydroxyl groups is 1. The molecule has 150 valence electrons. The van der Waals surface area contributed by atoms with Gasteiger partial charge in [0.1, 0.15) is 11.4 Å². The molecular formula is C21H26F2N4O. The number of alkyl halides is 2. The van der Waals surface area contributed by atoms with Gasteiger partial charge >= 0.3 is 0 Å². The first-order valence-electron chi connectivity index (χ1n) is 9.92. The molecule has 5 nitrogen and oxygen atoms in total. The Hall–Kier alpha value is -2.28. The van der Waals surface area contributed by atoms with E-state index in [1.165, 1.54) is 6.07 Å². The van der Waals surface area contributed by atoms with Gasteiger partial charge in [-0.1, -0.05) is 13.0 Å². The number of benzene rings is 1. The van der Waals surface area contributed by atoms with Crippen molar-refractivity contribution >= 4 is 5.82 Å². The normalized spacial score (nSPS) is 22.7. The van der Waals surface area contributed by atoms with Crippen LogP contribution in [0.15, 0.2) is 24.3 Å². The molecule has 2 saturated heterocycles. The first kappa shape index (κ1) is 19.1. The molecule has 3 heterocycles. The molecule has 0 amide bonds. The molecule has 0 spiro atoms. The number of phenols is 1. The number of hydrogen-bond donors (Lipinski definition) is 1. The summed E-state index contributed by atoms with van der Waals surface area (Å²) < 4.78 is 27.7. The fraction of sp³-hybridized carbons (Fsp3) is 0.524. The predicted octanol–water partition coefficient (Wildman–Crippen LogP) is 4.02. The summed E-state index contributed by atoms with van der Waals surface area (Å²) in [6, 6.07) is 6.69. The molecular weight excluding hydrogens is 362 g/mol. The highest BCUT2D eigenvalue weighted by molar-refractivity contribution is 5.71. The summed E-state index contributed by atoms with van der Waals surface area (Å²) in [5, 5.41) is 18.6. The van der Waals surface area contributed by atoms with Crippen LogP contribution in [0.1, 0.15) is 37.3 Å². The minimum Gasteiger partial charge on any atom is -0.507 e. The Morgan fingerprint density at radius 1 is 1.18 bits per heavy atom. The minimum atomic E-state index is -2.69. The van der Waals surface area contributed by atoms with E-state index in [9.17, 15) is 13.9 Å². The van der Waals surface area contributed by atoms with Crippen LogP contribution in [0.2, 0.25) is 0 Å². The van der Waals surface area contributed by atoms with Crippen LogP contribution in [0.25, 0.3) is 11.3 Å². The van der Waals surface area contributed by atoms with Crippen LogP contribution >= 0.6 is 0 Å². The Kier molecular flexibility index (Phi) is 5.19. The zero-order chi connectivity index (χ0) is 19.8. The Morgan fingerprint density at radius 3 is 2.68 bits per heavy atom. The zero-order valence-corrected chi connectivity index (χ0v) is 16.3. The van der Waals surface area contributed by atoms with E-state index < -0.39 is 6.43 Å². The number of aryl methyl sites for hydroxylation is 1. The maximum absolute atomic E-state index is 13.9. The predicted molar refractivity (Wildman–Crippen MR) is 105 cm³/mol. The zero-order valence-electron chi connectivity index (χ0n) is 16.3. The Labute approximate surface area is 164 Å². The van der Waals surface area contributed by atoms with Crippen molar-refractivity contribution in [2.75, 3.05) is 31.1 Å². The number of piperidine rings is 1. The van der Waals surface area contributed by atoms with Gasteiger partial charge in [-0.2, -0.15) is 0 Å². The number of likely N-dealkylation sites (N-methyl/N-ethyl adjacent to an activating group) is 1. The van der Waals surface area contributed by atoms with Crippen molar-refractivity contribution in [2.45, 2.75) is 39.2 Å². The van der Waals surface area contributed by atoms with Gasteiger partial charge in [-0.05, 0) is 62.5 Å². The Bertz CT molecular complexity index is 860. The maximum Gasteiger partial charge on any atom is 0.266 e. The quantitative estimate of drug-likeness (QED) is 0.858. The number of nitrogens with zero attached hydrogens (tertiary/aromatic N) is 4. The molecule has 0 aliphatic carbocycles. The molecule has 2 fully saturated rings. The summed E-state index contributed by atoms with van der Waals surface area (Å²) in [6.45, 7) is 7.84. The standard InChI is InChI=1S/C21H26F2N4O/c1-3-26-8-6-14-7-9-27(17(14)12-26)19-11-16(21(22)23)20(25-24-19)15-5-4-13(2)10-18(15)28/h4-5,10-11,14,17,21,28H,3,6-9,12H2,1-2H3/t14-,17-/m1/s1. The van der Waals surface area contributed by atoms with Crippen LogP contribution in [0.3, 0.4) is 0 Å². The van der Waals surface area contributed by atoms with E-state index in [1.807, 2.05) is 6.92 Å². The smallest absolute Gasteiger partial charge is 0.266 e. The monoisotopic (exact) mass is 388 g/mol. The van der Waals surface area contributed by atoms with Crippen LogP contribution in [0, 0.1) is 12.8 Å². The van der Waals surface area contributed by atoms with Gasteiger partial charge in [0.15, 0.2) is 5.82 Å². The van der Waals surface area contributed by atoms with Crippen LogP contribution in [0.5, 0.6) is 5.75 Å². The first-order valence-corrected chi connectivity index (χ1v) is 9.92. The summed E-state index contributed by atoms with van der Waals surface area (Å²) in [6.07, 6.45) is -0.490. The van der Waals surface area contributed by atoms with Gasteiger partial charge in [-0.3, -0.25) is 0 Å². The summed E-state index contributed by atoms with van der Waals surface area (Å²) in [7, 11) is 0. The Morgan fingerprint density at radius 2 is 1.96 bits per heavy atom. The molecule has 0 saturated carbocycles. The lowest BCUT2D eigenvalue weighted by Gasteiger charge is -2.38. The second kappa shape index (κ2) is 7.62. The van der Waals surface area contributed by atoms with Crippen molar-refractivity contribution in [2.24, 2.45) is 5.92 Å². The molecule has 1 aromatic heterocycles. The summed E-state index contributed by atoms with van der Waals surface area (Å²) >= 11 is 0. The molecule has 4 rings (SSSR count). The molecule has 0 unspecified atom stereocenters. The van der Waals surface area contributed by atoms with Crippen LogP contribution in [-0.2, 0) is 0 Å². The molecule has 7 heteroatoms. The van der Waals surface area contributed by atoms with Crippen molar-refractivity contribution in [1.82, 2.24) is 15.1 Å². The van der Waals surface area contributed by atoms with Gasteiger partial charge in [0, 0.05) is 30.3 Å². The lowest BCUT2D eigenvalue weighted by Crippen LogP contribution is -2.48. The highest BCUT2D eigenvalue weighted by atomic mass is 19.3. The average Bonchev–Trinajstić information content (AvgIpc) is 3.10. The second-order valence-electron chi connectivity index (χ2n) is 7.82. The van der Waals surface area contributed by atoms with Crippen molar-refractivity contribution in [3.63, 3.8) is 0 Å². The third kappa shape index (κ3) is 3.43. The first-order chi connectivity index (χ1) is 13.5. The number of anilines is 1. The van der Waals surface area contributed by atoms with E-state index in [0.29, 0.717) is 17.8 Å². The highest BCUT2D eigenvalue weighted by Gasteiger charge is 2.39. The molecule has 2 aromatic rings. The van der Waals surface area contributed by atoms with Gasteiger partial charge in [-0.15, -0.1) is 10.2 Å². The van der Waals surface area contributed by atoms with E-state index in [4.69, 9.17) is 0 Å². The van der Waals surface area contributed by atoms with E-state index in [0.717, 1.165) is 44.6 Å². The molecule has 28 heavy (non-hydrogen) atoms. The molecule has 2 aliphatic heterocycles. The van der Waals surface area contributed by atoms with E-state index in [1.54, 1.807) is 18.2 Å². The third-order valence-corrected chi connectivity index (χ3v) is 6.14. The van der Waals surface area contributed by atoms with Crippen molar-refractivity contribution < 1.29 is 13.9 Å². The van der Waals surface area contributed by atoms with Crippen molar-refractivity contribution in [3.8, 4) is 17.0 Å². The summed E-state index contributed by atoms with van der Waals surface area (Å²) in [4.78, 5) is 4.55. The lowest BCUT2D eigenvalue weighted by atomic mass is 9.92. The molecule has 0 radical (unpaired) electrons. The topological polar surface area (TPSA) is 52.5 Å². The van der Waals surface area contributed by atoms with E-state index >= 15 is 0 Å². The number of fused-ring (bicyclic) bond motifs is 1. The number of phenolic OH excluding ortho intramolecular Hbond substituents is 1. The van der Waals surface area contributed by atoms with Crippen molar-refractivity contribution in [3.05, 3.63) is 35.4 Å². The van der Waals surface area contributed by atoms with Crippen molar-refractivity contribution in [1.29, 1.82) is 0 Å². The maximum atomic E-state index is 13.9. The third-order valence-electron chi connectivity index (χ3n) is 6.14. The summed E-state index contributed by atoms with van der Waals surface area (Å²) in [5.74, 6) is 1.03. The van der Waals surface area contributed by atoms with Gasteiger partial charge in [0.2, 0.25) is 0 Å². The van der Waals surface area contributed by atoms with Crippen LogP contribution in [0.4, 0.5) is 14.6 Å². The largest absolute Gasteiger partial charge is 0.507 e. The van der Waals surface area contributed by atoms with Gasteiger partial charge < -0.3 is 14.9 Å². The average molecular weight is 388 g/mol. The number of rotatable bonds is 4. The molecule has 2 aliphatic rings. The fourth-order valence-electron chi connectivity index (χ4n) is 4.53. The van der Waals surface area contributed by atoms with Crippen LogP contribution in [-0.4, -0.2) is 52.4 Å². The van der Waals surface area contributed by atoms with Gasteiger partial charge in [0.25, 0.3) is 6.43 Å². The number of likely N-dealkylation sites (tertiary alicyclic amines) is 1.